The van der Waals surface area contributed by atoms with E-state index < -0.39 is 0 Å². The first kappa shape index (κ1) is 15.3. The molecule has 1 aromatic heterocycles. The van der Waals surface area contributed by atoms with E-state index in [9.17, 15) is 0 Å². The quantitative estimate of drug-likeness (QED) is 0.517. The van der Waals surface area contributed by atoms with E-state index in [0.717, 1.165) is 14.8 Å². The second-order valence-corrected chi connectivity index (χ2v) is 5.91. The second kappa shape index (κ2) is 6.54. The van der Waals surface area contributed by atoms with Crippen LogP contribution in [0.5, 0.6) is 0 Å². The Morgan fingerprint density at radius 3 is 2.53 bits per heavy atom. The Balaban J connectivity index is 2.52. The Labute approximate surface area is 139 Å². The van der Waals surface area contributed by atoms with Gasteiger partial charge in [0, 0.05) is 12.7 Å². The van der Waals surface area contributed by atoms with Crippen LogP contribution >= 0.6 is 57.4 Å². The van der Waals surface area contributed by atoms with Gasteiger partial charge in [-0.25, -0.2) is 9.97 Å². The van der Waals surface area contributed by atoms with Crippen LogP contribution in [0.3, 0.4) is 0 Å². The van der Waals surface area contributed by atoms with Crippen molar-refractivity contribution in [3.63, 3.8) is 0 Å². The molecule has 0 aliphatic heterocycles. The third-order valence-corrected chi connectivity index (χ3v) is 4.80. The van der Waals surface area contributed by atoms with Crippen LogP contribution in [0.4, 0.5) is 0 Å². The predicted octanol–water partition coefficient (Wildman–Crippen LogP) is 4.85. The van der Waals surface area contributed by atoms with Gasteiger partial charge in [-0.05, 0) is 40.8 Å². The molecule has 0 fully saturated rings. The monoisotopic (exact) mass is 428 g/mol. The molecule has 0 aliphatic carbocycles. The molecule has 0 radical (unpaired) electrons. The normalized spacial score (nSPS) is 10.8. The van der Waals surface area contributed by atoms with Crippen molar-refractivity contribution in [3.8, 4) is 11.4 Å². The van der Waals surface area contributed by atoms with E-state index in [2.05, 4.69) is 32.6 Å². The van der Waals surface area contributed by atoms with Crippen LogP contribution in [-0.2, 0) is 11.3 Å². The van der Waals surface area contributed by atoms with E-state index in [1.54, 1.807) is 25.3 Å². The minimum atomic E-state index is 0.370. The average molecular weight is 429 g/mol. The molecule has 0 N–H and O–H groups in total. The van der Waals surface area contributed by atoms with Gasteiger partial charge in [-0.2, -0.15) is 0 Å². The van der Waals surface area contributed by atoms with Crippen molar-refractivity contribution >= 4 is 57.4 Å². The molecule has 0 bridgehead atoms. The van der Waals surface area contributed by atoms with E-state index in [4.69, 9.17) is 39.5 Å². The third kappa shape index (κ3) is 3.49. The van der Waals surface area contributed by atoms with Crippen LogP contribution in [0.25, 0.3) is 11.4 Å². The first-order valence-electron chi connectivity index (χ1n) is 5.19. The molecule has 0 saturated carbocycles. The molecule has 2 aromatic rings. The molecule has 0 aliphatic rings. The molecular formula is C12H8Cl3IN2O. The molecule has 0 saturated heterocycles. The molecule has 1 aromatic carbocycles. The summed E-state index contributed by atoms with van der Waals surface area (Å²) in [5.74, 6) is 0.496. The van der Waals surface area contributed by atoms with E-state index in [1.165, 1.54) is 0 Å². The lowest BCUT2D eigenvalue weighted by atomic mass is 10.2. The lowest BCUT2D eigenvalue weighted by Crippen LogP contribution is -2.02. The van der Waals surface area contributed by atoms with Crippen LogP contribution in [0.1, 0.15) is 5.69 Å². The van der Waals surface area contributed by atoms with Gasteiger partial charge in [-0.15, -0.1) is 0 Å². The number of ether oxygens (including phenoxy) is 1. The maximum atomic E-state index is 6.10. The number of hydrogen-bond donors (Lipinski definition) is 0. The molecule has 0 atom stereocenters. The van der Waals surface area contributed by atoms with Gasteiger partial charge in [0.15, 0.2) is 5.82 Å². The molecule has 7 heteroatoms. The average Bonchev–Trinajstić information content (AvgIpc) is 2.38. The summed E-state index contributed by atoms with van der Waals surface area (Å²) >= 11 is 20.1. The van der Waals surface area contributed by atoms with Crippen LogP contribution in [0.2, 0.25) is 15.2 Å². The fourth-order valence-corrected chi connectivity index (χ4v) is 2.34. The Bertz CT molecular complexity index is 622. The van der Waals surface area contributed by atoms with Gasteiger partial charge in [0.05, 0.1) is 25.9 Å². The highest BCUT2D eigenvalue weighted by Gasteiger charge is 2.12. The van der Waals surface area contributed by atoms with Crippen LogP contribution < -0.4 is 0 Å². The molecule has 100 valence electrons. The SMILES string of the molecule is COCc1nc(-c2ccc(Cl)c(Cl)c2)nc(Cl)c1I. The van der Waals surface area contributed by atoms with Gasteiger partial charge in [0.2, 0.25) is 0 Å². The van der Waals surface area contributed by atoms with Crippen molar-refractivity contribution in [1.29, 1.82) is 0 Å². The number of benzene rings is 1. The summed E-state index contributed by atoms with van der Waals surface area (Å²) in [4.78, 5) is 8.68. The summed E-state index contributed by atoms with van der Waals surface area (Å²) in [7, 11) is 1.60. The largest absolute Gasteiger partial charge is 0.378 e. The number of methoxy groups -OCH3 is 1. The van der Waals surface area contributed by atoms with E-state index in [-0.39, 0.29) is 0 Å². The van der Waals surface area contributed by atoms with Crippen molar-refractivity contribution < 1.29 is 4.74 Å². The number of halogens is 4. The molecule has 2 rings (SSSR count). The number of rotatable bonds is 3. The second-order valence-electron chi connectivity index (χ2n) is 3.66. The van der Waals surface area contributed by atoms with Gasteiger partial charge in [0.1, 0.15) is 5.15 Å². The topological polar surface area (TPSA) is 35.0 Å². The first-order valence-corrected chi connectivity index (χ1v) is 7.40. The maximum absolute atomic E-state index is 6.10. The van der Waals surface area contributed by atoms with Crippen LogP contribution in [0.15, 0.2) is 18.2 Å². The van der Waals surface area contributed by atoms with Crippen molar-refractivity contribution in [2.45, 2.75) is 6.61 Å². The molecule has 3 nitrogen and oxygen atoms in total. The van der Waals surface area contributed by atoms with Gasteiger partial charge in [-0.3, -0.25) is 0 Å². The van der Waals surface area contributed by atoms with Crippen LogP contribution in [-0.4, -0.2) is 17.1 Å². The Morgan fingerprint density at radius 1 is 1.16 bits per heavy atom. The zero-order chi connectivity index (χ0) is 14.0. The van der Waals surface area contributed by atoms with E-state index >= 15 is 0 Å². The number of nitrogens with zero attached hydrogens (tertiary/aromatic N) is 2. The van der Waals surface area contributed by atoms with Crippen LogP contribution in [0, 0.1) is 3.57 Å². The van der Waals surface area contributed by atoms with Crippen molar-refractivity contribution in [3.05, 3.63) is 42.7 Å². The van der Waals surface area contributed by atoms with Gasteiger partial charge in [-0.1, -0.05) is 34.8 Å². The Kier molecular flexibility index (Phi) is 5.25. The lowest BCUT2D eigenvalue weighted by molar-refractivity contribution is 0.181. The highest BCUT2D eigenvalue weighted by molar-refractivity contribution is 14.1. The fourth-order valence-electron chi connectivity index (χ4n) is 1.46. The smallest absolute Gasteiger partial charge is 0.161 e. The number of hydrogen-bond acceptors (Lipinski definition) is 3. The van der Waals surface area contributed by atoms with Crippen molar-refractivity contribution in [1.82, 2.24) is 9.97 Å². The zero-order valence-electron chi connectivity index (χ0n) is 9.75. The van der Waals surface area contributed by atoms with E-state index in [1.807, 2.05) is 0 Å². The highest BCUT2D eigenvalue weighted by atomic mass is 127. The zero-order valence-corrected chi connectivity index (χ0v) is 14.2. The summed E-state index contributed by atoms with van der Waals surface area (Å²) < 4.78 is 5.88. The molecule has 0 spiro atoms. The molecule has 19 heavy (non-hydrogen) atoms. The Hall–Kier alpha value is -0.140. The van der Waals surface area contributed by atoms with Crippen molar-refractivity contribution in [2.24, 2.45) is 0 Å². The van der Waals surface area contributed by atoms with Gasteiger partial charge < -0.3 is 4.74 Å². The maximum Gasteiger partial charge on any atom is 0.161 e. The Morgan fingerprint density at radius 2 is 1.89 bits per heavy atom. The summed E-state index contributed by atoms with van der Waals surface area (Å²) in [6.45, 7) is 0.370. The summed E-state index contributed by atoms with van der Waals surface area (Å²) in [6, 6.07) is 5.20. The lowest BCUT2D eigenvalue weighted by Gasteiger charge is -2.08. The summed E-state index contributed by atoms with van der Waals surface area (Å²) in [6.07, 6.45) is 0. The summed E-state index contributed by atoms with van der Waals surface area (Å²) in [5, 5.41) is 1.33. The summed E-state index contributed by atoms with van der Waals surface area (Å²) in [5.41, 5.74) is 1.49. The van der Waals surface area contributed by atoms with Gasteiger partial charge in [0.25, 0.3) is 0 Å². The molecule has 0 unspecified atom stereocenters. The highest BCUT2D eigenvalue weighted by Crippen LogP contribution is 2.29. The van der Waals surface area contributed by atoms with E-state index in [0.29, 0.717) is 27.6 Å². The predicted molar refractivity (Wildman–Crippen MR) is 85.9 cm³/mol. The van der Waals surface area contributed by atoms with Gasteiger partial charge >= 0.3 is 0 Å². The molecular weight excluding hydrogens is 421 g/mol. The molecule has 0 amide bonds. The molecule has 1 heterocycles. The fraction of sp³-hybridized carbons (Fsp3) is 0.167. The minimum absolute atomic E-state index is 0.370. The standard InChI is InChI=1S/C12H8Cl3IN2O/c1-19-5-9-10(16)11(15)18-12(17-9)6-2-3-7(13)8(14)4-6/h2-4H,5H2,1H3. The third-order valence-electron chi connectivity index (χ3n) is 2.34. The first-order chi connectivity index (χ1) is 9.02. The minimum Gasteiger partial charge on any atom is -0.378 e. The number of aromatic nitrogens is 2. The van der Waals surface area contributed by atoms with Crippen molar-refractivity contribution in [2.75, 3.05) is 7.11 Å².